The molecule has 0 unspecified atom stereocenters. The zero-order valence-corrected chi connectivity index (χ0v) is 16.9. The first kappa shape index (κ1) is 17.7. The minimum atomic E-state index is 0.0515. The number of piperazine rings is 1. The van der Waals surface area contributed by atoms with Gasteiger partial charge < -0.3 is 19.5 Å². The minimum Gasteiger partial charge on any atom is -0.497 e. The van der Waals surface area contributed by atoms with E-state index in [0.29, 0.717) is 0 Å². The van der Waals surface area contributed by atoms with Crippen LogP contribution in [0, 0.1) is 0 Å². The topological polar surface area (TPSA) is 62.7 Å². The van der Waals surface area contributed by atoms with Gasteiger partial charge in [0.15, 0.2) is 5.82 Å². The number of rotatable bonds is 4. The Bertz CT molecular complexity index is 1050. The summed E-state index contributed by atoms with van der Waals surface area (Å²) >= 11 is 1.72. The quantitative estimate of drug-likeness (QED) is 0.698. The summed E-state index contributed by atoms with van der Waals surface area (Å²) in [5.74, 6) is 1.71. The number of nitrogens with one attached hydrogen (secondary N) is 2. The molecule has 2 N–H and O–H groups in total. The number of aryl methyl sites for hydroxylation is 2. The van der Waals surface area contributed by atoms with Crippen LogP contribution in [0.15, 0.2) is 29.1 Å². The Kier molecular flexibility index (Phi) is 4.56. The Hall–Kier alpha value is -2.38. The molecule has 28 heavy (non-hydrogen) atoms. The summed E-state index contributed by atoms with van der Waals surface area (Å²) in [5, 5.41) is 0.848. The van der Waals surface area contributed by atoms with Gasteiger partial charge in [0.25, 0.3) is 5.56 Å². The van der Waals surface area contributed by atoms with Gasteiger partial charge in [0.2, 0.25) is 0 Å². The molecule has 0 saturated carbocycles. The molecule has 1 aromatic carbocycles. The van der Waals surface area contributed by atoms with Crippen LogP contribution >= 0.6 is 11.3 Å². The van der Waals surface area contributed by atoms with Crippen molar-refractivity contribution in [2.45, 2.75) is 25.8 Å². The maximum atomic E-state index is 12.6. The number of H-pyrrole nitrogens is 1. The molecule has 1 aliphatic carbocycles. The number of ether oxygens (including phenoxy) is 1. The molecule has 146 valence electrons. The third-order valence-electron chi connectivity index (χ3n) is 5.95. The Balaban J connectivity index is 1.27. The lowest BCUT2D eigenvalue weighted by Crippen LogP contribution is -3.13. The summed E-state index contributed by atoms with van der Waals surface area (Å²) in [7, 11) is 1.69. The van der Waals surface area contributed by atoms with E-state index in [1.807, 2.05) is 12.1 Å². The van der Waals surface area contributed by atoms with Crippen molar-refractivity contribution in [1.29, 1.82) is 0 Å². The Labute approximate surface area is 167 Å². The van der Waals surface area contributed by atoms with Gasteiger partial charge in [-0.25, -0.2) is 4.98 Å². The van der Waals surface area contributed by atoms with E-state index in [1.165, 1.54) is 27.4 Å². The highest BCUT2D eigenvalue weighted by atomic mass is 32.1. The molecule has 6 nitrogen and oxygen atoms in total. The maximum absolute atomic E-state index is 12.6. The number of hydrogen-bond donors (Lipinski definition) is 2. The monoisotopic (exact) mass is 397 g/mol. The molecule has 0 atom stereocenters. The number of aromatic nitrogens is 2. The van der Waals surface area contributed by atoms with Gasteiger partial charge >= 0.3 is 0 Å². The Morgan fingerprint density at radius 2 is 2.00 bits per heavy atom. The van der Waals surface area contributed by atoms with Crippen LogP contribution in [-0.4, -0.2) is 43.3 Å². The molecule has 0 spiro atoms. The molecule has 1 fully saturated rings. The van der Waals surface area contributed by atoms with Crippen molar-refractivity contribution in [3.63, 3.8) is 0 Å². The fourth-order valence-corrected chi connectivity index (χ4v) is 5.70. The van der Waals surface area contributed by atoms with Gasteiger partial charge in [-0.05, 0) is 49.1 Å². The second-order valence-electron chi connectivity index (χ2n) is 7.66. The molecule has 2 aromatic heterocycles. The fourth-order valence-electron chi connectivity index (χ4n) is 4.42. The molecule has 2 aliphatic rings. The minimum absolute atomic E-state index is 0.0515. The number of anilines is 1. The van der Waals surface area contributed by atoms with E-state index in [9.17, 15) is 4.79 Å². The normalized spacial score (nSPS) is 17.2. The van der Waals surface area contributed by atoms with Crippen LogP contribution in [0.1, 0.15) is 22.7 Å². The van der Waals surface area contributed by atoms with E-state index >= 15 is 0 Å². The van der Waals surface area contributed by atoms with Gasteiger partial charge in [0.05, 0.1) is 38.7 Å². The predicted molar refractivity (Wildman–Crippen MR) is 112 cm³/mol. The third kappa shape index (κ3) is 3.18. The number of hydrogen-bond acceptors (Lipinski definition) is 5. The molecule has 1 saturated heterocycles. The molecule has 0 radical (unpaired) electrons. The van der Waals surface area contributed by atoms with Gasteiger partial charge in [-0.1, -0.05) is 0 Å². The highest BCUT2D eigenvalue weighted by Crippen LogP contribution is 2.34. The zero-order valence-electron chi connectivity index (χ0n) is 16.1. The second-order valence-corrected chi connectivity index (χ2v) is 8.75. The molecule has 3 aromatic rings. The van der Waals surface area contributed by atoms with E-state index in [0.717, 1.165) is 67.4 Å². The molecular weight excluding hydrogens is 372 g/mol. The van der Waals surface area contributed by atoms with E-state index in [2.05, 4.69) is 22.0 Å². The summed E-state index contributed by atoms with van der Waals surface area (Å²) < 4.78 is 5.24. The highest BCUT2D eigenvalue weighted by Gasteiger charge is 2.24. The van der Waals surface area contributed by atoms with Gasteiger partial charge in [0, 0.05) is 10.6 Å². The van der Waals surface area contributed by atoms with Crippen LogP contribution in [0.3, 0.4) is 0 Å². The van der Waals surface area contributed by atoms with Crippen LogP contribution in [0.25, 0.3) is 10.2 Å². The number of thiophene rings is 1. The summed E-state index contributed by atoms with van der Waals surface area (Å²) in [6.07, 6.45) is 3.29. The summed E-state index contributed by atoms with van der Waals surface area (Å²) in [6, 6.07) is 8.26. The number of benzene rings is 1. The number of methoxy groups -OCH3 is 1. The van der Waals surface area contributed by atoms with Crippen molar-refractivity contribution in [2.75, 3.05) is 38.2 Å². The van der Waals surface area contributed by atoms with Crippen molar-refractivity contribution in [2.24, 2.45) is 0 Å². The fraction of sp³-hybridized carbons (Fsp3) is 0.429. The SMILES string of the molecule is COc1ccc(N2CC[NH+](Cc3nc4sc5c(c4c(=O)[nH]3)CCC5)CC2)cc1. The number of nitrogens with zero attached hydrogens (tertiary/aromatic N) is 2. The first-order chi connectivity index (χ1) is 13.7. The standard InChI is InChI=1S/C21H24N4O2S/c1-27-15-7-5-14(6-8-15)25-11-9-24(10-12-25)13-18-22-20(26)19-16-3-2-4-17(16)28-21(19)23-18/h5-8H,2-4,9-13H2,1H3,(H,22,23,26)/p+1. The average molecular weight is 398 g/mol. The van der Waals surface area contributed by atoms with E-state index in [-0.39, 0.29) is 5.56 Å². The maximum Gasteiger partial charge on any atom is 0.260 e. The molecule has 3 heterocycles. The molecule has 0 bridgehead atoms. The summed E-state index contributed by atoms with van der Waals surface area (Å²) in [4.78, 5) is 26.7. The van der Waals surface area contributed by atoms with Crippen LogP contribution in [0.5, 0.6) is 5.75 Å². The van der Waals surface area contributed by atoms with Crippen LogP contribution < -0.4 is 20.1 Å². The summed E-state index contributed by atoms with van der Waals surface area (Å²) in [5.41, 5.74) is 2.54. The highest BCUT2D eigenvalue weighted by molar-refractivity contribution is 7.18. The Morgan fingerprint density at radius 1 is 1.21 bits per heavy atom. The van der Waals surface area contributed by atoms with Gasteiger partial charge in [-0.2, -0.15) is 0 Å². The first-order valence-electron chi connectivity index (χ1n) is 9.97. The third-order valence-corrected chi connectivity index (χ3v) is 7.14. The Morgan fingerprint density at radius 3 is 2.75 bits per heavy atom. The average Bonchev–Trinajstić information content (AvgIpc) is 3.29. The van der Waals surface area contributed by atoms with Crippen molar-refractivity contribution in [3.05, 3.63) is 50.9 Å². The van der Waals surface area contributed by atoms with Gasteiger partial charge in [0.1, 0.15) is 17.1 Å². The molecular formula is C21H25N4O2S+. The lowest BCUT2D eigenvalue weighted by molar-refractivity contribution is -0.915. The molecule has 5 rings (SSSR count). The molecule has 0 amide bonds. The van der Waals surface area contributed by atoms with Crippen molar-refractivity contribution >= 4 is 27.2 Å². The van der Waals surface area contributed by atoms with Crippen molar-refractivity contribution in [3.8, 4) is 5.75 Å². The summed E-state index contributed by atoms with van der Waals surface area (Å²) in [6.45, 7) is 4.86. The van der Waals surface area contributed by atoms with Crippen LogP contribution in [0.2, 0.25) is 0 Å². The lowest BCUT2D eigenvalue weighted by Gasteiger charge is -2.33. The van der Waals surface area contributed by atoms with Gasteiger partial charge in [-0.15, -0.1) is 11.3 Å². The largest absolute Gasteiger partial charge is 0.497 e. The first-order valence-corrected chi connectivity index (χ1v) is 10.8. The van der Waals surface area contributed by atoms with E-state index in [1.54, 1.807) is 18.4 Å². The lowest BCUT2D eigenvalue weighted by atomic mass is 10.2. The van der Waals surface area contributed by atoms with Crippen molar-refractivity contribution < 1.29 is 9.64 Å². The predicted octanol–water partition coefficient (Wildman–Crippen LogP) is 1.39. The second kappa shape index (κ2) is 7.22. The van der Waals surface area contributed by atoms with Crippen molar-refractivity contribution in [1.82, 2.24) is 9.97 Å². The zero-order chi connectivity index (χ0) is 19.1. The van der Waals surface area contributed by atoms with E-state index < -0.39 is 0 Å². The number of quaternary nitrogens is 1. The van der Waals surface area contributed by atoms with E-state index in [4.69, 9.17) is 9.72 Å². The number of aromatic amines is 1. The molecule has 1 aliphatic heterocycles. The number of fused-ring (bicyclic) bond motifs is 3. The smallest absolute Gasteiger partial charge is 0.260 e. The molecule has 7 heteroatoms. The van der Waals surface area contributed by atoms with Crippen LogP contribution in [0.4, 0.5) is 5.69 Å². The van der Waals surface area contributed by atoms with Crippen LogP contribution in [-0.2, 0) is 19.4 Å². The van der Waals surface area contributed by atoms with Gasteiger partial charge in [-0.3, -0.25) is 4.79 Å².